The molecule has 2 heterocycles. The second-order valence-corrected chi connectivity index (χ2v) is 7.29. The Balaban J connectivity index is 1.57. The fraction of sp³-hybridized carbons (Fsp3) is 0.632. The zero-order valence-electron chi connectivity index (χ0n) is 15.4. The Morgan fingerprint density at radius 2 is 1.50 bits per heavy atom. The first-order chi connectivity index (χ1) is 12.7. The smallest absolute Gasteiger partial charge is 0.180 e. The first kappa shape index (κ1) is 17.4. The highest BCUT2D eigenvalue weighted by Gasteiger charge is 2.28. The van der Waals surface area contributed by atoms with Crippen LogP contribution in [0.2, 0.25) is 0 Å². The van der Waals surface area contributed by atoms with Gasteiger partial charge in [0.1, 0.15) is 5.52 Å². The molecule has 140 valence electrons. The minimum absolute atomic E-state index is 0.327. The average molecular weight is 357 g/mol. The molecule has 2 aromatic rings. The van der Waals surface area contributed by atoms with E-state index in [1.165, 1.54) is 0 Å². The molecule has 4 rings (SSSR count). The molecule has 26 heavy (non-hydrogen) atoms. The van der Waals surface area contributed by atoms with E-state index >= 15 is 0 Å². The van der Waals surface area contributed by atoms with Gasteiger partial charge in [-0.3, -0.25) is 0 Å². The summed E-state index contributed by atoms with van der Waals surface area (Å²) in [6, 6.07) is 4.56. The van der Waals surface area contributed by atoms with E-state index < -0.39 is 0 Å². The van der Waals surface area contributed by atoms with Crippen LogP contribution < -0.4 is 10.6 Å². The van der Waals surface area contributed by atoms with Gasteiger partial charge in [-0.05, 0) is 50.7 Å². The summed E-state index contributed by atoms with van der Waals surface area (Å²) in [6.07, 6.45) is 8.72. The van der Waals surface area contributed by atoms with Gasteiger partial charge in [-0.15, -0.1) is 0 Å². The summed E-state index contributed by atoms with van der Waals surface area (Å²) in [4.78, 5) is 13.9. The number of methoxy groups -OCH3 is 2. The normalized spacial score (nSPS) is 28.5. The van der Waals surface area contributed by atoms with E-state index in [1.807, 2.05) is 12.1 Å². The SMILES string of the molecule is COC1CCC(Nc2nc3cccnc3nc2NC2CCC(OC)C2)C1. The lowest BCUT2D eigenvalue weighted by Crippen LogP contribution is -2.23. The highest BCUT2D eigenvalue weighted by atomic mass is 16.5. The number of hydrogen-bond acceptors (Lipinski definition) is 7. The zero-order chi connectivity index (χ0) is 17.9. The molecule has 0 radical (unpaired) electrons. The summed E-state index contributed by atoms with van der Waals surface area (Å²) < 4.78 is 11.0. The molecular formula is C19H27N5O2. The van der Waals surface area contributed by atoms with Gasteiger partial charge in [-0.1, -0.05) is 0 Å². The van der Waals surface area contributed by atoms with Gasteiger partial charge in [0.15, 0.2) is 17.3 Å². The lowest BCUT2D eigenvalue weighted by molar-refractivity contribution is 0.108. The van der Waals surface area contributed by atoms with Crippen molar-refractivity contribution in [3.63, 3.8) is 0 Å². The van der Waals surface area contributed by atoms with Crippen molar-refractivity contribution in [1.82, 2.24) is 15.0 Å². The molecule has 0 amide bonds. The average Bonchev–Trinajstić information content (AvgIpc) is 3.31. The van der Waals surface area contributed by atoms with E-state index in [-0.39, 0.29) is 0 Å². The van der Waals surface area contributed by atoms with E-state index in [2.05, 4.69) is 15.6 Å². The van der Waals surface area contributed by atoms with Gasteiger partial charge >= 0.3 is 0 Å². The van der Waals surface area contributed by atoms with E-state index in [9.17, 15) is 0 Å². The molecule has 0 spiro atoms. The molecule has 2 saturated carbocycles. The monoisotopic (exact) mass is 357 g/mol. The van der Waals surface area contributed by atoms with Crippen molar-refractivity contribution in [3.8, 4) is 0 Å². The summed E-state index contributed by atoms with van der Waals surface area (Å²) in [6.45, 7) is 0. The fourth-order valence-electron chi connectivity index (χ4n) is 4.05. The third-order valence-electron chi connectivity index (χ3n) is 5.56. The number of hydrogen-bond donors (Lipinski definition) is 2. The number of pyridine rings is 1. The number of ether oxygens (including phenoxy) is 2. The van der Waals surface area contributed by atoms with Crippen molar-refractivity contribution in [2.45, 2.75) is 62.8 Å². The molecule has 0 bridgehead atoms. The van der Waals surface area contributed by atoms with Crippen LogP contribution in [0, 0.1) is 0 Å². The van der Waals surface area contributed by atoms with Crippen LogP contribution in [0.25, 0.3) is 11.2 Å². The van der Waals surface area contributed by atoms with Gasteiger partial charge in [-0.25, -0.2) is 15.0 Å². The summed E-state index contributed by atoms with van der Waals surface area (Å²) in [5.41, 5.74) is 1.48. The van der Waals surface area contributed by atoms with Crippen LogP contribution in [-0.2, 0) is 9.47 Å². The van der Waals surface area contributed by atoms with Crippen molar-refractivity contribution in [1.29, 1.82) is 0 Å². The Morgan fingerprint density at radius 3 is 2.08 bits per heavy atom. The Hall–Kier alpha value is -1.99. The number of aromatic nitrogens is 3. The lowest BCUT2D eigenvalue weighted by Gasteiger charge is -2.20. The highest BCUT2D eigenvalue weighted by molar-refractivity contribution is 5.77. The summed E-state index contributed by atoms with van der Waals surface area (Å²) >= 11 is 0. The topological polar surface area (TPSA) is 81.2 Å². The third kappa shape index (κ3) is 3.73. The van der Waals surface area contributed by atoms with Crippen molar-refractivity contribution < 1.29 is 9.47 Å². The first-order valence-electron chi connectivity index (χ1n) is 9.46. The van der Waals surface area contributed by atoms with Crippen LogP contribution in [0.5, 0.6) is 0 Å². The molecular weight excluding hydrogens is 330 g/mol. The minimum Gasteiger partial charge on any atom is -0.381 e. The molecule has 2 fully saturated rings. The van der Waals surface area contributed by atoms with Crippen LogP contribution in [0.4, 0.5) is 11.6 Å². The van der Waals surface area contributed by atoms with Crippen molar-refractivity contribution in [2.24, 2.45) is 0 Å². The van der Waals surface area contributed by atoms with E-state index in [0.717, 1.165) is 55.7 Å². The maximum Gasteiger partial charge on any atom is 0.180 e. The predicted octanol–water partition coefficient (Wildman–Crippen LogP) is 2.98. The predicted molar refractivity (Wildman–Crippen MR) is 101 cm³/mol. The summed E-state index contributed by atoms with van der Waals surface area (Å²) in [5, 5.41) is 7.17. The van der Waals surface area contributed by atoms with E-state index in [0.29, 0.717) is 29.9 Å². The molecule has 0 saturated heterocycles. The van der Waals surface area contributed by atoms with Gasteiger partial charge < -0.3 is 20.1 Å². The molecule has 2 aromatic heterocycles. The van der Waals surface area contributed by atoms with Crippen molar-refractivity contribution in [3.05, 3.63) is 18.3 Å². The Bertz CT molecular complexity index is 693. The minimum atomic E-state index is 0.327. The van der Waals surface area contributed by atoms with Gasteiger partial charge in [0.2, 0.25) is 0 Å². The molecule has 2 aliphatic carbocycles. The van der Waals surface area contributed by atoms with Gasteiger partial charge in [0.25, 0.3) is 0 Å². The van der Waals surface area contributed by atoms with E-state index in [1.54, 1.807) is 20.4 Å². The number of nitrogens with one attached hydrogen (secondary N) is 2. The molecule has 4 unspecified atom stereocenters. The second kappa shape index (κ2) is 7.72. The Morgan fingerprint density at radius 1 is 0.885 bits per heavy atom. The zero-order valence-corrected chi connectivity index (χ0v) is 15.4. The number of anilines is 2. The third-order valence-corrected chi connectivity index (χ3v) is 5.56. The van der Waals surface area contributed by atoms with Crippen LogP contribution in [0.1, 0.15) is 38.5 Å². The molecule has 0 aromatic carbocycles. The van der Waals surface area contributed by atoms with Crippen molar-refractivity contribution in [2.75, 3.05) is 24.9 Å². The standard InChI is InChI=1S/C19H27N5O2/c1-25-14-7-5-12(10-14)21-18-19(22-13-6-8-15(11-13)26-2)24-17-16(23-18)4-3-9-20-17/h3-4,9,12-15H,5-8,10-11H2,1-2H3,(H,21,23)(H,20,22,24). The van der Waals surface area contributed by atoms with Crippen LogP contribution in [-0.4, -0.2) is 53.5 Å². The van der Waals surface area contributed by atoms with Crippen LogP contribution in [0.3, 0.4) is 0 Å². The number of rotatable bonds is 6. The van der Waals surface area contributed by atoms with Gasteiger partial charge in [0, 0.05) is 32.5 Å². The summed E-state index contributed by atoms with van der Waals surface area (Å²) in [7, 11) is 3.57. The maximum atomic E-state index is 5.50. The maximum absolute atomic E-state index is 5.50. The molecule has 0 aliphatic heterocycles. The van der Waals surface area contributed by atoms with Crippen molar-refractivity contribution >= 4 is 22.8 Å². The second-order valence-electron chi connectivity index (χ2n) is 7.29. The highest BCUT2D eigenvalue weighted by Crippen LogP contribution is 2.30. The van der Waals surface area contributed by atoms with Gasteiger partial charge in [-0.2, -0.15) is 0 Å². The first-order valence-corrected chi connectivity index (χ1v) is 9.46. The number of nitrogens with zero attached hydrogens (tertiary/aromatic N) is 3. The largest absolute Gasteiger partial charge is 0.381 e. The number of fused-ring (bicyclic) bond motifs is 1. The molecule has 7 nitrogen and oxygen atoms in total. The van der Waals surface area contributed by atoms with Gasteiger partial charge in [0.05, 0.1) is 12.2 Å². The fourth-order valence-corrected chi connectivity index (χ4v) is 4.05. The molecule has 2 N–H and O–H groups in total. The molecule has 4 atom stereocenters. The Kier molecular flexibility index (Phi) is 5.17. The van der Waals surface area contributed by atoms with E-state index in [4.69, 9.17) is 19.4 Å². The van der Waals surface area contributed by atoms with Crippen LogP contribution >= 0.6 is 0 Å². The lowest BCUT2D eigenvalue weighted by atomic mass is 10.2. The van der Waals surface area contributed by atoms with Crippen LogP contribution in [0.15, 0.2) is 18.3 Å². The molecule has 2 aliphatic rings. The quantitative estimate of drug-likeness (QED) is 0.822. The Labute approximate surface area is 153 Å². The molecule has 7 heteroatoms. The summed E-state index contributed by atoms with van der Waals surface area (Å²) in [5.74, 6) is 1.60.